The van der Waals surface area contributed by atoms with Crippen LogP contribution < -0.4 is 5.56 Å². The molecule has 0 N–H and O–H groups in total. The van der Waals surface area contributed by atoms with Gasteiger partial charge < -0.3 is 0 Å². The third kappa shape index (κ3) is 2.03. The molecule has 0 atom stereocenters. The number of hydrogen-bond acceptors (Lipinski definition) is 4. The van der Waals surface area contributed by atoms with Gasteiger partial charge in [0.2, 0.25) is 0 Å². The lowest BCUT2D eigenvalue weighted by atomic mass is 10.1. The zero-order valence-corrected chi connectivity index (χ0v) is 14.2. The molecule has 0 aliphatic heterocycles. The van der Waals surface area contributed by atoms with Crippen molar-refractivity contribution in [3.05, 3.63) is 62.9 Å². The highest BCUT2D eigenvalue weighted by molar-refractivity contribution is 6.31. The van der Waals surface area contributed by atoms with Crippen molar-refractivity contribution >= 4 is 28.3 Å². The minimum absolute atomic E-state index is 0.155. The summed E-state index contributed by atoms with van der Waals surface area (Å²) in [5, 5.41) is 5.48. The molecule has 120 valence electrons. The predicted octanol–water partition coefficient (Wildman–Crippen LogP) is 3.01. The second-order valence-corrected chi connectivity index (χ2v) is 6.11. The molecule has 6 nitrogen and oxygen atoms in total. The third-order valence-corrected chi connectivity index (χ3v) is 4.53. The molecule has 0 saturated heterocycles. The van der Waals surface area contributed by atoms with E-state index in [2.05, 4.69) is 15.1 Å². The van der Waals surface area contributed by atoms with Crippen molar-refractivity contribution in [3.63, 3.8) is 0 Å². The molecule has 0 fully saturated rings. The van der Waals surface area contributed by atoms with E-state index in [0.29, 0.717) is 33.2 Å². The van der Waals surface area contributed by atoms with Crippen LogP contribution in [-0.2, 0) is 0 Å². The van der Waals surface area contributed by atoms with Crippen LogP contribution in [0.25, 0.3) is 22.4 Å². The summed E-state index contributed by atoms with van der Waals surface area (Å²) in [6, 6.07) is 7.36. The van der Waals surface area contributed by atoms with E-state index in [1.54, 1.807) is 28.3 Å². The van der Waals surface area contributed by atoms with Gasteiger partial charge in [0.25, 0.3) is 11.3 Å². The Morgan fingerprint density at radius 2 is 1.88 bits per heavy atom. The van der Waals surface area contributed by atoms with Crippen LogP contribution in [0.4, 0.5) is 0 Å². The lowest BCUT2D eigenvalue weighted by Gasteiger charge is -2.12. The average molecular weight is 340 g/mol. The smallest absolute Gasteiger partial charge is 0.266 e. The zero-order valence-electron chi connectivity index (χ0n) is 13.4. The van der Waals surface area contributed by atoms with Gasteiger partial charge in [-0.3, -0.25) is 9.36 Å². The number of benzene rings is 1. The second-order valence-electron chi connectivity index (χ2n) is 5.70. The normalized spacial score (nSPS) is 11.5. The Labute approximate surface area is 142 Å². The summed E-state index contributed by atoms with van der Waals surface area (Å²) in [7, 11) is 0. The van der Waals surface area contributed by atoms with Crippen molar-refractivity contribution in [2.24, 2.45) is 0 Å². The summed E-state index contributed by atoms with van der Waals surface area (Å²) >= 11 is 6.20. The highest BCUT2D eigenvalue weighted by Crippen LogP contribution is 2.22. The fourth-order valence-electron chi connectivity index (χ4n) is 2.93. The van der Waals surface area contributed by atoms with Gasteiger partial charge in [-0.2, -0.15) is 9.50 Å². The van der Waals surface area contributed by atoms with E-state index in [0.717, 1.165) is 11.3 Å². The predicted molar refractivity (Wildman–Crippen MR) is 93.1 cm³/mol. The molecule has 0 aliphatic carbocycles. The summed E-state index contributed by atoms with van der Waals surface area (Å²) in [5.74, 6) is 1.11. The first-order valence-electron chi connectivity index (χ1n) is 7.48. The lowest BCUT2D eigenvalue weighted by Crippen LogP contribution is -2.20. The first kappa shape index (κ1) is 14.8. The summed E-state index contributed by atoms with van der Waals surface area (Å²) in [4.78, 5) is 21.8. The maximum absolute atomic E-state index is 13.1. The van der Waals surface area contributed by atoms with Crippen molar-refractivity contribution in [2.75, 3.05) is 0 Å². The Morgan fingerprint density at radius 1 is 1.08 bits per heavy atom. The molecule has 1 aromatic carbocycles. The Hall–Kier alpha value is -2.73. The van der Waals surface area contributed by atoms with Crippen molar-refractivity contribution in [1.82, 2.24) is 24.1 Å². The van der Waals surface area contributed by atoms with E-state index in [-0.39, 0.29) is 5.56 Å². The largest absolute Gasteiger partial charge is 0.283 e. The number of aromatic nitrogens is 5. The number of aryl methyl sites for hydroxylation is 2. The summed E-state index contributed by atoms with van der Waals surface area (Å²) < 4.78 is 3.20. The topological polar surface area (TPSA) is 65.1 Å². The Balaban J connectivity index is 2.13. The van der Waals surface area contributed by atoms with Crippen LogP contribution in [0.2, 0.25) is 5.02 Å². The zero-order chi connectivity index (χ0) is 17.0. The van der Waals surface area contributed by atoms with Gasteiger partial charge in [0.15, 0.2) is 0 Å². The van der Waals surface area contributed by atoms with Crippen LogP contribution in [0, 0.1) is 20.8 Å². The van der Waals surface area contributed by atoms with E-state index in [9.17, 15) is 4.79 Å². The van der Waals surface area contributed by atoms with Gasteiger partial charge in [0.1, 0.15) is 5.82 Å². The number of rotatable bonds is 1. The molecule has 0 unspecified atom stereocenters. The number of hydrogen-bond donors (Lipinski definition) is 0. The molecule has 3 aromatic heterocycles. The van der Waals surface area contributed by atoms with Gasteiger partial charge in [-0.1, -0.05) is 17.7 Å². The molecular weight excluding hydrogens is 326 g/mol. The van der Waals surface area contributed by atoms with Gasteiger partial charge >= 0.3 is 0 Å². The number of nitrogens with zero attached hydrogens (tertiary/aromatic N) is 5. The number of pyridine rings is 1. The lowest BCUT2D eigenvalue weighted by molar-refractivity contribution is 0.931. The first-order chi connectivity index (χ1) is 11.5. The second kappa shape index (κ2) is 5.14. The molecule has 4 rings (SSSR count). The number of fused-ring (bicyclic) bond motifs is 3. The van der Waals surface area contributed by atoms with Crippen LogP contribution in [0.5, 0.6) is 0 Å². The molecular formula is C17H14ClN5O. The minimum atomic E-state index is -0.155. The van der Waals surface area contributed by atoms with Gasteiger partial charge in [-0.05, 0) is 44.5 Å². The molecule has 0 amide bonds. The highest BCUT2D eigenvalue weighted by Gasteiger charge is 2.15. The molecule has 7 heteroatoms. The Morgan fingerprint density at radius 3 is 2.67 bits per heavy atom. The van der Waals surface area contributed by atoms with Gasteiger partial charge in [0.05, 0.1) is 22.3 Å². The first-order valence-corrected chi connectivity index (χ1v) is 7.86. The van der Waals surface area contributed by atoms with Gasteiger partial charge in [-0.25, -0.2) is 4.98 Å². The fraction of sp³-hybridized carbons (Fsp3) is 0.176. The van der Waals surface area contributed by atoms with E-state index in [1.165, 1.54) is 0 Å². The number of halogens is 1. The summed E-state index contributed by atoms with van der Waals surface area (Å²) in [6.07, 6.45) is 1.74. The van der Waals surface area contributed by atoms with Crippen LogP contribution in [-0.4, -0.2) is 24.1 Å². The minimum Gasteiger partial charge on any atom is -0.283 e. The van der Waals surface area contributed by atoms with E-state index in [4.69, 9.17) is 11.6 Å². The van der Waals surface area contributed by atoms with E-state index >= 15 is 0 Å². The molecule has 0 saturated carbocycles. The maximum Gasteiger partial charge on any atom is 0.266 e. The van der Waals surface area contributed by atoms with Crippen molar-refractivity contribution < 1.29 is 0 Å². The van der Waals surface area contributed by atoms with Gasteiger partial charge in [-0.15, -0.1) is 5.10 Å². The molecule has 0 bridgehead atoms. The quantitative estimate of drug-likeness (QED) is 0.534. The van der Waals surface area contributed by atoms with Crippen LogP contribution >= 0.6 is 11.6 Å². The molecule has 0 aliphatic rings. The molecule has 0 spiro atoms. The van der Waals surface area contributed by atoms with Gasteiger partial charge in [0, 0.05) is 11.2 Å². The highest BCUT2D eigenvalue weighted by atomic mass is 35.5. The summed E-state index contributed by atoms with van der Waals surface area (Å²) in [6.45, 7) is 5.50. The molecule has 3 heterocycles. The van der Waals surface area contributed by atoms with Crippen LogP contribution in [0.1, 0.15) is 17.1 Å². The third-order valence-electron chi connectivity index (χ3n) is 4.12. The average Bonchev–Trinajstić information content (AvgIpc) is 2.91. The fourth-order valence-corrected chi connectivity index (χ4v) is 3.10. The van der Waals surface area contributed by atoms with E-state index in [1.807, 2.05) is 32.0 Å². The molecule has 0 radical (unpaired) electrons. The van der Waals surface area contributed by atoms with Crippen molar-refractivity contribution in [2.45, 2.75) is 20.8 Å². The monoisotopic (exact) mass is 339 g/mol. The molecule has 24 heavy (non-hydrogen) atoms. The van der Waals surface area contributed by atoms with Crippen LogP contribution in [0.15, 0.2) is 35.3 Å². The Bertz CT molecular complexity index is 1180. The van der Waals surface area contributed by atoms with Crippen LogP contribution in [0.3, 0.4) is 0 Å². The van der Waals surface area contributed by atoms with Crippen molar-refractivity contribution in [3.8, 4) is 5.69 Å². The standard InChI is InChI=1S/C17H14ClN5O/c1-9-12(18)5-4-6-13(9)22-8-7-14-15(16(22)24)10(2)19-17-20-11(3)21-23(14)17/h4-8H,1-3H3. The maximum atomic E-state index is 13.1. The summed E-state index contributed by atoms with van der Waals surface area (Å²) in [5.41, 5.74) is 2.77. The van der Waals surface area contributed by atoms with Crippen molar-refractivity contribution in [1.29, 1.82) is 0 Å². The SMILES string of the molecule is Cc1nc2nc(C)c3c(=O)n(-c4cccc(Cl)c4C)ccc3n2n1. The Kier molecular flexibility index (Phi) is 3.18. The van der Waals surface area contributed by atoms with E-state index < -0.39 is 0 Å². The molecule has 4 aromatic rings.